The van der Waals surface area contributed by atoms with Crippen molar-refractivity contribution < 1.29 is 33.7 Å². The van der Waals surface area contributed by atoms with Gasteiger partial charge in [0.2, 0.25) is 11.8 Å². The molecule has 0 spiro atoms. The highest BCUT2D eigenvalue weighted by atomic mass is 16.8. The smallest absolute Gasteiger partial charge is 0.338 e. The van der Waals surface area contributed by atoms with Crippen LogP contribution in [0.1, 0.15) is 48.0 Å². The summed E-state index contributed by atoms with van der Waals surface area (Å²) in [6.45, 7) is -0.0305. The third kappa shape index (κ3) is 5.49. The number of hydrogen-bond acceptors (Lipinski definition) is 7. The first-order chi connectivity index (χ1) is 17.8. The van der Waals surface area contributed by atoms with Crippen LogP contribution >= 0.6 is 0 Å². The molecular formula is C28H34N2O7. The highest BCUT2D eigenvalue weighted by molar-refractivity contribution is 5.95. The number of ether oxygens (including phenoxy) is 3. The summed E-state index contributed by atoms with van der Waals surface area (Å²) in [4.78, 5) is 39.3. The summed E-state index contributed by atoms with van der Waals surface area (Å²) in [5.74, 6) is -1.02. The first-order valence-electron chi connectivity index (χ1n) is 13.0. The van der Waals surface area contributed by atoms with Crippen LogP contribution in [-0.2, 0) is 23.8 Å². The van der Waals surface area contributed by atoms with E-state index in [0.29, 0.717) is 28.5 Å². The number of nitrogens with one attached hydrogen (secondary N) is 1. The van der Waals surface area contributed by atoms with Gasteiger partial charge in [-0.2, -0.15) is 0 Å². The molecular weight excluding hydrogens is 476 g/mol. The third-order valence-corrected chi connectivity index (χ3v) is 7.34. The van der Waals surface area contributed by atoms with E-state index < -0.39 is 30.1 Å². The zero-order chi connectivity index (χ0) is 26.2. The third-order valence-electron chi connectivity index (χ3n) is 7.34. The summed E-state index contributed by atoms with van der Waals surface area (Å²) < 4.78 is 19.1. The molecule has 9 heteroatoms. The monoisotopic (exact) mass is 510 g/mol. The highest BCUT2D eigenvalue weighted by Crippen LogP contribution is 2.59. The lowest BCUT2D eigenvalue weighted by Gasteiger charge is -2.31. The molecule has 3 fully saturated rings. The molecule has 9 nitrogen and oxygen atoms in total. The van der Waals surface area contributed by atoms with Gasteiger partial charge in [-0.05, 0) is 55.5 Å². The van der Waals surface area contributed by atoms with Crippen LogP contribution in [0.15, 0.2) is 42.0 Å². The van der Waals surface area contributed by atoms with Crippen molar-refractivity contribution >= 4 is 23.9 Å². The van der Waals surface area contributed by atoms with Crippen molar-refractivity contribution in [2.24, 2.45) is 11.8 Å². The second-order valence-electron chi connectivity index (χ2n) is 10.4. The van der Waals surface area contributed by atoms with Gasteiger partial charge in [-0.1, -0.05) is 12.1 Å². The highest BCUT2D eigenvalue weighted by Gasteiger charge is 2.64. The molecule has 1 aromatic carbocycles. The lowest BCUT2D eigenvalue weighted by Crippen LogP contribution is -2.44. The Hall–Kier alpha value is -3.01. The molecule has 0 bridgehead atoms. The molecule has 37 heavy (non-hydrogen) atoms. The fourth-order valence-corrected chi connectivity index (χ4v) is 5.14. The zero-order valence-corrected chi connectivity index (χ0v) is 21.2. The van der Waals surface area contributed by atoms with E-state index in [2.05, 4.69) is 5.32 Å². The number of esters is 1. The maximum atomic E-state index is 13.2. The summed E-state index contributed by atoms with van der Waals surface area (Å²) in [7, 11) is 3.33. The minimum atomic E-state index is -0.703. The van der Waals surface area contributed by atoms with E-state index >= 15 is 0 Å². The van der Waals surface area contributed by atoms with Crippen LogP contribution in [-0.4, -0.2) is 79.1 Å². The van der Waals surface area contributed by atoms with E-state index in [1.807, 2.05) is 0 Å². The van der Waals surface area contributed by atoms with E-state index in [0.717, 1.165) is 25.7 Å². The molecule has 3 atom stereocenters. The lowest BCUT2D eigenvalue weighted by molar-refractivity contribution is -0.209. The van der Waals surface area contributed by atoms with Crippen LogP contribution in [0.2, 0.25) is 0 Å². The Bertz CT molecular complexity index is 1110. The summed E-state index contributed by atoms with van der Waals surface area (Å²) >= 11 is 0. The molecule has 1 saturated heterocycles. The molecule has 198 valence electrons. The predicted octanol–water partition coefficient (Wildman–Crippen LogP) is 2.05. The molecule has 2 saturated carbocycles. The summed E-state index contributed by atoms with van der Waals surface area (Å²) in [5.41, 5.74) is 1.49. The Morgan fingerprint density at radius 3 is 2.54 bits per heavy atom. The normalized spacial score (nSPS) is 26.4. The summed E-state index contributed by atoms with van der Waals surface area (Å²) in [6, 6.07) is 6.85. The number of benzene rings is 1. The van der Waals surface area contributed by atoms with Gasteiger partial charge in [0.1, 0.15) is 18.3 Å². The number of rotatable bonds is 9. The average molecular weight is 511 g/mol. The van der Waals surface area contributed by atoms with Gasteiger partial charge in [0, 0.05) is 50.5 Å². The molecule has 4 aliphatic rings. The van der Waals surface area contributed by atoms with Crippen molar-refractivity contribution in [2.45, 2.75) is 56.2 Å². The van der Waals surface area contributed by atoms with Crippen molar-refractivity contribution in [2.75, 3.05) is 27.2 Å². The molecule has 2 amide bonds. The van der Waals surface area contributed by atoms with Crippen LogP contribution in [0.25, 0.3) is 6.08 Å². The fraction of sp³-hybridized carbons (Fsp3) is 0.536. The second-order valence-corrected chi connectivity index (χ2v) is 10.4. The van der Waals surface area contributed by atoms with Crippen LogP contribution < -0.4 is 5.32 Å². The van der Waals surface area contributed by atoms with E-state index in [9.17, 15) is 14.4 Å². The maximum Gasteiger partial charge on any atom is 0.338 e. The molecule has 0 radical (unpaired) electrons. The van der Waals surface area contributed by atoms with Crippen molar-refractivity contribution in [3.8, 4) is 0 Å². The minimum absolute atomic E-state index is 0.136. The number of amides is 2. The molecule has 1 aromatic rings. The molecule has 2 N–H and O–H groups in total. The molecule has 0 unspecified atom stereocenters. The van der Waals surface area contributed by atoms with Gasteiger partial charge in [0.05, 0.1) is 12.2 Å². The molecule has 1 heterocycles. The van der Waals surface area contributed by atoms with Crippen molar-refractivity contribution in [1.82, 2.24) is 10.2 Å². The van der Waals surface area contributed by atoms with Gasteiger partial charge >= 0.3 is 5.97 Å². The molecule has 5 rings (SSSR count). The van der Waals surface area contributed by atoms with E-state index in [1.165, 1.54) is 11.0 Å². The van der Waals surface area contributed by atoms with Crippen LogP contribution in [0.4, 0.5) is 0 Å². The standard InChI is InChI=1S/C28H34N2O7/c1-30(2)24(32)11-6-17-4-3-5-18(14-17)27(34)35-22-15-19(26(33)29-12-13-31)16-23-25(22)37-28(36-23,20-7-8-20)21-9-10-21/h3-6,11,14,16,20-23,25,31H,7-10,12-13,15H2,1-2H3,(H,29,33)/t22-,23-,25+/m1/s1. The van der Waals surface area contributed by atoms with Gasteiger partial charge in [0.15, 0.2) is 5.79 Å². The summed E-state index contributed by atoms with van der Waals surface area (Å²) in [6.07, 6.45) is 7.56. The van der Waals surface area contributed by atoms with E-state index in [1.54, 1.807) is 50.5 Å². The van der Waals surface area contributed by atoms with Gasteiger partial charge < -0.3 is 29.5 Å². The number of fused-ring (bicyclic) bond motifs is 1. The van der Waals surface area contributed by atoms with E-state index in [-0.39, 0.29) is 31.4 Å². The first kappa shape index (κ1) is 25.6. The van der Waals surface area contributed by atoms with Crippen molar-refractivity contribution in [1.29, 1.82) is 0 Å². The number of carbonyl (C=O) groups is 3. The fourth-order valence-electron chi connectivity index (χ4n) is 5.14. The summed E-state index contributed by atoms with van der Waals surface area (Å²) in [5, 5.41) is 11.8. The molecule has 1 aliphatic heterocycles. The van der Waals surface area contributed by atoms with Crippen LogP contribution in [0.5, 0.6) is 0 Å². The Morgan fingerprint density at radius 2 is 1.89 bits per heavy atom. The molecule has 0 aromatic heterocycles. The predicted molar refractivity (Wildman–Crippen MR) is 134 cm³/mol. The Kier molecular flexibility index (Phi) is 7.20. The maximum absolute atomic E-state index is 13.2. The average Bonchev–Trinajstić information content (AvgIpc) is 3.82. The van der Waals surface area contributed by atoms with Crippen molar-refractivity contribution in [3.05, 3.63) is 53.1 Å². The number of carbonyl (C=O) groups excluding carboxylic acids is 3. The minimum Gasteiger partial charge on any atom is -0.456 e. The van der Waals surface area contributed by atoms with E-state index in [4.69, 9.17) is 19.3 Å². The van der Waals surface area contributed by atoms with Gasteiger partial charge in [-0.3, -0.25) is 9.59 Å². The zero-order valence-electron chi connectivity index (χ0n) is 21.2. The van der Waals surface area contributed by atoms with Gasteiger partial charge in [0.25, 0.3) is 0 Å². The quantitative estimate of drug-likeness (QED) is 0.386. The first-order valence-corrected chi connectivity index (χ1v) is 13.0. The van der Waals surface area contributed by atoms with Gasteiger partial charge in [-0.25, -0.2) is 4.79 Å². The topological polar surface area (TPSA) is 114 Å². The number of likely N-dealkylation sites (N-methyl/N-ethyl adjacent to an activating group) is 1. The largest absolute Gasteiger partial charge is 0.456 e. The van der Waals surface area contributed by atoms with Crippen LogP contribution in [0, 0.1) is 11.8 Å². The molecule has 3 aliphatic carbocycles. The van der Waals surface area contributed by atoms with Crippen LogP contribution in [0.3, 0.4) is 0 Å². The van der Waals surface area contributed by atoms with Crippen molar-refractivity contribution in [3.63, 3.8) is 0 Å². The van der Waals surface area contributed by atoms with Gasteiger partial charge in [-0.15, -0.1) is 0 Å². The number of nitrogens with zero attached hydrogens (tertiary/aromatic N) is 1. The number of aliphatic hydroxyl groups is 1. The number of aliphatic hydroxyl groups excluding tert-OH is 1. The SMILES string of the molecule is CN(C)C(=O)C=Cc1cccc(C(=O)O[C@@H]2CC(C(=O)NCCO)=C[C@H]3OC(C4CC4)(C4CC4)O[C@H]32)c1. The number of hydrogen-bond donors (Lipinski definition) is 2. The Labute approximate surface area is 216 Å². The Morgan fingerprint density at radius 1 is 1.16 bits per heavy atom. The Balaban J connectivity index is 1.35. The second kappa shape index (κ2) is 10.4. The lowest BCUT2D eigenvalue weighted by atomic mass is 9.91.